The van der Waals surface area contributed by atoms with Crippen molar-refractivity contribution >= 4 is 0 Å². The Morgan fingerprint density at radius 3 is 2.33 bits per heavy atom. The Hall–Kier alpha value is 0.464. The molecule has 1 unspecified atom stereocenters. The second-order valence-electron chi connectivity index (χ2n) is 2.61. The molecule has 0 aromatic rings. The van der Waals surface area contributed by atoms with E-state index in [0.29, 0.717) is 25.7 Å². The maximum atomic E-state index is 4.91. The fourth-order valence-electron chi connectivity index (χ4n) is 0.458. The van der Waals surface area contributed by atoms with Gasteiger partial charge in [-0.25, -0.2) is 9.78 Å². The van der Waals surface area contributed by atoms with Crippen LogP contribution in [0.25, 0.3) is 0 Å². The van der Waals surface area contributed by atoms with Gasteiger partial charge in [-0.3, -0.25) is 0 Å². The predicted molar refractivity (Wildman–Crippen MR) is 43.2 cm³/mol. The number of hydrogen-bond donors (Lipinski definition) is 0. The fourth-order valence-corrected chi connectivity index (χ4v) is 0.458. The molecule has 0 bridgehead atoms. The van der Waals surface area contributed by atoms with Gasteiger partial charge >= 0.3 is 0 Å². The maximum absolute atomic E-state index is 4.91. The molecule has 0 amide bonds. The van der Waals surface area contributed by atoms with Gasteiger partial charge in [-0.15, -0.1) is 0 Å². The number of hydrogen-bond acceptors (Lipinski definition) is 3. The summed E-state index contributed by atoms with van der Waals surface area (Å²) in [4.78, 5) is 9.73. The average Bonchev–Trinajstić information content (AvgIpc) is 2.04. The first-order valence-corrected chi connectivity index (χ1v) is 4.04. The van der Waals surface area contributed by atoms with Crippen LogP contribution in [0.4, 0.5) is 0 Å². The topological polar surface area (TPSA) is 27.7 Å². The predicted octanol–water partition coefficient (Wildman–Crippen LogP) is 1.62. The third kappa shape index (κ3) is 10.5. The van der Waals surface area contributed by atoms with Crippen LogP contribution in [-0.4, -0.2) is 26.9 Å². The first-order chi connectivity index (χ1) is 5.31. The number of rotatable bonds is 7. The van der Waals surface area contributed by atoms with E-state index in [9.17, 15) is 0 Å². The molecule has 0 heterocycles. The molecule has 0 aliphatic rings. The van der Waals surface area contributed by atoms with Crippen molar-refractivity contribution in [3.05, 3.63) is 0 Å². The van der Waals surface area contributed by atoms with Crippen LogP contribution in [0.1, 0.15) is 20.3 Å². The van der Waals surface area contributed by atoms with Gasteiger partial charge in [0.2, 0.25) is 0 Å². The van der Waals surface area contributed by atoms with E-state index in [1.54, 1.807) is 7.11 Å². The normalized spacial score (nSPS) is 12.2. The molecule has 0 aliphatic carbocycles. The minimum atomic E-state index is 0. The van der Waals surface area contributed by atoms with Gasteiger partial charge in [0.25, 0.3) is 0 Å². The summed E-state index contributed by atoms with van der Waals surface area (Å²) in [6, 6.07) is 0. The van der Waals surface area contributed by atoms with Gasteiger partial charge in [-0.05, 0) is 5.92 Å². The quantitative estimate of drug-likeness (QED) is 0.365. The molecule has 0 saturated carbocycles. The molecule has 0 aliphatic heterocycles. The Labute approximate surface area is 86.6 Å². The van der Waals surface area contributed by atoms with Gasteiger partial charge < -0.3 is 4.74 Å². The van der Waals surface area contributed by atoms with Crippen molar-refractivity contribution in [2.75, 3.05) is 26.9 Å². The van der Waals surface area contributed by atoms with Crippen LogP contribution < -0.4 is 0 Å². The largest absolute Gasteiger partial charge is 0.382 e. The van der Waals surface area contributed by atoms with Gasteiger partial charge in [-0.2, -0.15) is 0 Å². The second-order valence-corrected chi connectivity index (χ2v) is 2.61. The monoisotopic (exact) mass is 213 g/mol. The molecule has 0 spiro atoms. The SMILES string of the molecule is CCC(C)COOCCOC.[V]. The Morgan fingerprint density at radius 2 is 1.83 bits per heavy atom. The smallest absolute Gasteiger partial charge is 0.106 e. The van der Waals surface area contributed by atoms with Crippen LogP contribution in [0.5, 0.6) is 0 Å². The van der Waals surface area contributed by atoms with Crippen molar-refractivity contribution in [1.82, 2.24) is 0 Å². The summed E-state index contributed by atoms with van der Waals surface area (Å²) >= 11 is 0. The zero-order valence-corrected chi connectivity index (χ0v) is 9.47. The van der Waals surface area contributed by atoms with Gasteiger partial charge in [0.05, 0.1) is 13.2 Å². The summed E-state index contributed by atoms with van der Waals surface area (Å²) in [5.41, 5.74) is 0. The fraction of sp³-hybridized carbons (Fsp3) is 1.00. The van der Waals surface area contributed by atoms with E-state index in [1.165, 1.54) is 0 Å². The van der Waals surface area contributed by atoms with Crippen LogP contribution in [0, 0.1) is 5.92 Å². The van der Waals surface area contributed by atoms with Crippen LogP contribution in [0.3, 0.4) is 0 Å². The van der Waals surface area contributed by atoms with Gasteiger partial charge in [0.1, 0.15) is 6.61 Å². The van der Waals surface area contributed by atoms with Crippen molar-refractivity contribution in [1.29, 1.82) is 0 Å². The van der Waals surface area contributed by atoms with E-state index in [1.807, 2.05) is 0 Å². The second kappa shape index (κ2) is 11.5. The van der Waals surface area contributed by atoms with Crippen LogP contribution in [0.2, 0.25) is 0 Å². The minimum absolute atomic E-state index is 0. The standard InChI is InChI=1S/C8H18O3.V/c1-4-8(2)7-11-10-6-5-9-3;/h8H,4-7H2,1-3H3;. The van der Waals surface area contributed by atoms with Gasteiger partial charge in [0.15, 0.2) is 0 Å². The molecule has 1 radical (unpaired) electrons. The van der Waals surface area contributed by atoms with Crippen molar-refractivity contribution in [3.8, 4) is 0 Å². The van der Waals surface area contributed by atoms with Gasteiger partial charge in [-0.1, -0.05) is 20.3 Å². The first kappa shape index (κ1) is 15.0. The molecule has 0 aromatic carbocycles. The third-order valence-electron chi connectivity index (χ3n) is 1.50. The Bertz CT molecular complexity index is 80.7. The van der Waals surface area contributed by atoms with E-state index in [0.717, 1.165) is 6.42 Å². The van der Waals surface area contributed by atoms with Crippen molar-refractivity contribution in [2.45, 2.75) is 20.3 Å². The molecule has 0 aromatic heterocycles. The average molecular weight is 213 g/mol. The zero-order chi connectivity index (χ0) is 8.53. The maximum Gasteiger partial charge on any atom is 0.106 e. The number of ether oxygens (including phenoxy) is 1. The molecule has 73 valence electrons. The Morgan fingerprint density at radius 1 is 1.17 bits per heavy atom. The molecule has 0 N–H and O–H groups in total. The molecule has 1 atom stereocenters. The summed E-state index contributed by atoms with van der Waals surface area (Å²) in [7, 11) is 1.64. The van der Waals surface area contributed by atoms with E-state index >= 15 is 0 Å². The van der Waals surface area contributed by atoms with Crippen molar-refractivity contribution < 1.29 is 33.1 Å². The summed E-state index contributed by atoms with van der Waals surface area (Å²) < 4.78 is 4.77. The summed E-state index contributed by atoms with van der Waals surface area (Å²) in [6.07, 6.45) is 1.12. The first-order valence-electron chi connectivity index (χ1n) is 4.04. The van der Waals surface area contributed by atoms with Crippen LogP contribution in [0.15, 0.2) is 0 Å². The van der Waals surface area contributed by atoms with Gasteiger partial charge in [0, 0.05) is 25.7 Å². The van der Waals surface area contributed by atoms with Crippen molar-refractivity contribution in [3.63, 3.8) is 0 Å². The minimum Gasteiger partial charge on any atom is -0.382 e. The summed E-state index contributed by atoms with van der Waals surface area (Å²) in [5, 5.41) is 0. The van der Waals surface area contributed by atoms with E-state index in [4.69, 9.17) is 14.5 Å². The molecule has 4 heteroatoms. The molecule has 0 fully saturated rings. The van der Waals surface area contributed by atoms with E-state index < -0.39 is 0 Å². The molecule has 0 saturated heterocycles. The third-order valence-corrected chi connectivity index (χ3v) is 1.50. The molecule has 12 heavy (non-hydrogen) atoms. The van der Waals surface area contributed by atoms with E-state index in [-0.39, 0.29) is 18.6 Å². The van der Waals surface area contributed by atoms with Crippen LogP contribution in [-0.2, 0) is 33.1 Å². The zero-order valence-electron chi connectivity index (χ0n) is 8.08. The Kier molecular flexibility index (Phi) is 14.3. The molecule has 3 nitrogen and oxygen atoms in total. The summed E-state index contributed by atoms with van der Waals surface area (Å²) in [5.74, 6) is 0.567. The molecule has 0 rings (SSSR count). The van der Waals surface area contributed by atoms with Crippen molar-refractivity contribution in [2.24, 2.45) is 5.92 Å². The van der Waals surface area contributed by atoms with E-state index in [2.05, 4.69) is 13.8 Å². The summed E-state index contributed by atoms with van der Waals surface area (Å²) in [6.45, 7) is 6.01. The number of methoxy groups -OCH3 is 1. The van der Waals surface area contributed by atoms with Crippen LogP contribution >= 0.6 is 0 Å². The Balaban J connectivity index is 0. The molecular formula is C8H18O3V. The molecular weight excluding hydrogens is 195 g/mol.